The molecule has 2 aromatic carbocycles. The van der Waals surface area contributed by atoms with Gasteiger partial charge in [-0.3, -0.25) is 9.59 Å². The first-order chi connectivity index (χ1) is 13.0. The van der Waals surface area contributed by atoms with Gasteiger partial charge in [0.25, 0.3) is 5.91 Å². The van der Waals surface area contributed by atoms with Crippen LogP contribution in [-0.4, -0.2) is 29.9 Å². The highest BCUT2D eigenvalue weighted by Crippen LogP contribution is 2.27. The Morgan fingerprint density at radius 3 is 2.52 bits per heavy atom. The minimum absolute atomic E-state index is 0.123. The third-order valence-corrected chi connectivity index (χ3v) is 4.69. The van der Waals surface area contributed by atoms with Crippen molar-refractivity contribution in [1.29, 1.82) is 0 Å². The first-order valence-corrected chi connectivity index (χ1v) is 9.84. The lowest BCUT2D eigenvalue weighted by Gasteiger charge is -2.23. The maximum absolute atomic E-state index is 13.0. The van der Waals surface area contributed by atoms with Crippen molar-refractivity contribution in [3.8, 4) is 5.75 Å². The van der Waals surface area contributed by atoms with Crippen LogP contribution in [0.15, 0.2) is 53.0 Å². The molecule has 2 N–H and O–H groups in total. The van der Waals surface area contributed by atoms with E-state index in [9.17, 15) is 9.59 Å². The smallest absolute Gasteiger partial charge is 0.254 e. The molecule has 0 bridgehead atoms. The number of amides is 2. The van der Waals surface area contributed by atoms with E-state index in [0.717, 1.165) is 22.9 Å². The van der Waals surface area contributed by atoms with Crippen molar-refractivity contribution in [2.45, 2.75) is 32.7 Å². The van der Waals surface area contributed by atoms with E-state index in [-0.39, 0.29) is 18.9 Å². The average Bonchev–Trinajstić information content (AvgIpc) is 2.66. The molecule has 0 aliphatic heterocycles. The lowest BCUT2D eigenvalue weighted by atomic mass is 10.1. The van der Waals surface area contributed by atoms with Crippen LogP contribution in [-0.2, 0) is 11.3 Å². The molecule has 27 heavy (non-hydrogen) atoms. The van der Waals surface area contributed by atoms with Crippen molar-refractivity contribution >= 4 is 27.7 Å². The Balaban J connectivity index is 2.15. The molecule has 0 aliphatic carbocycles. The van der Waals surface area contributed by atoms with E-state index in [1.807, 2.05) is 30.3 Å². The lowest BCUT2D eigenvalue weighted by Crippen LogP contribution is -2.33. The average molecular weight is 433 g/mol. The molecule has 5 nitrogen and oxygen atoms in total. The van der Waals surface area contributed by atoms with Gasteiger partial charge in [-0.2, -0.15) is 0 Å². The fourth-order valence-electron chi connectivity index (χ4n) is 2.56. The first kappa shape index (κ1) is 21.0. The highest BCUT2D eigenvalue weighted by atomic mass is 79.9. The van der Waals surface area contributed by atoms with Gasteiger partial charge in [0.15, 0.2) is 0 Å². The molecule has 0 radical (unpaired) electrons. The van der Waals surface area contributed by atoms with Crippen LogP contribution in [0.4, 0.5) is 0 Å². The van der Waals surface area contributed by atoms with E-state index in [1.54, 1.807) is 23.1 Å². The molecule has 2 rings (SSSR count). The van der Waals surface area contributed by atoms with Gasteiger partial charge in [-0.15, -0.1) is 0 Å². The normalized spacial score (nSPS) is 10.4. The second kappa shape index (κ2) is 10.7. The largest absolute Gasteiger partial charge is 0.492 e. The number of hydrogen-bond acceptors (Lipinski definition) is 3. The molecule has 6 heteroatoms. The third-order valence-electron chi connectivity index (χ3n) is 4.07. The van der Waals surface area contributed by atoms with Crippen molar-refractivity contribution in [2.75, 3.05) is 13.2 Å². The van der Waals surface area contributed by atoms with Crippen LogP contribution in [0.1, 0.15) is 42.1 Å². The molecule has 0 atom stereocenters. The van der Waals surface area contributed by atoms with Crippen molar-refractivity contribution < 1.29 is 14.3 Å². The molecule has 0 aliphatic rings. The van der Waals surface area contributed by atoms with E-state index in [2.05, 4.69) is 22.9 Å². The molecule has 0 fully saturated rings. The SMILES string of the molecule is CCCCOc1ccc(C(=O)N(CCC(N)=O)Cc2ccccc2)cc1Br. The van der Waals surface area contributed by atoms with Gasteiger partial charge in [0.2, 0.25) is 5.91 Å². The van der Waals surface area contributed by atoms with E-state index >= 15 is 0 Å². The number of hydrogen-bond donors (Lipinski definition) is 1. The highest BCUT2D eigenvalue weighted by Gasteiger charge is 2.18. The highest BCUT2D eigenvalue weighted by molar-refractivity contribution is 9.10. The third kappa shape index (κ3) is 6.71. The fourth-order valence-corrected chi connectivity index (χ4v) is 3.05. The number of nitrogens with zero attached hydrogens (tertiary/aromatic N) is 1. The number of halogens is 1. The van der Waals surface area contributed by atoms with Crippen molar-refractivity contribution in [3.63, 3.8) is 0 Å². The van der Waals surface area contributed by atoms with Crippen LogP contribution in [0.3, 0.4) is 0 Å². The molecule has 2 aromatic rings. The second-order valence-corrected chi connectivity index (χ2v) is 7.13. The second-order valence-electron chi connectivity index (χ2n) is 6.28. The Bertz CT molecular complexity index is 765. The fraction of sp³-hybridized carbons (Fsp3) is 0.333. The summed E-state index contributed by atoms with van der Waals surface area (Å²) in [6.45, 7) is 3.43. The molecular formula is C21H25BrN2O3. The van der Waals surface area contributed by atoms with Gasteiger partial charge in [-0.05, 0) is 46.1 Å². The van der Waals surface area contributed by atoms with Gasteiger partial charge >= 0.3 is 0 Å². The van der Waals surface area contributed by atoms with Crippen LogP contribution < -0.4 is 10.5 Å². The van der Waals surface area contributed by atoms with E-state index in [1.165, 1.54) is 0 Å². The summed E-state index contributed by atoms with van der Waals surface area (Å²) in [4.78, 5) is 25.8. The molecule has 0 spiro atoms. The van der Waals surface area contributed by atoms with Crippen molar-refractivity contribution in [2.24, 2.45) is 5.73 Å². The van der Waals surface area contributed by atoms with Crippen molar-refractivity contribution in [1.82, 2.24) is 4.90 Å². The van der Waals surface area contributed by atoms with Gasteiger partial charge in [-0.1, -0.05) is 43.7 Å². The predicted molar refractivity (Wildman–Crippen MR) is 110 cm³/mol. The summed E-state index contributed by atoms with van der Waals surface area (Å²) in [5.41, 5.74) is 6.80. The Morgan fingerprint density at radius 1 is 1.15 bits per heavy atom. The molecular weight excluding hydrogens is 408 g/mol. The van der Waals surface area contributed by atoms with Gasteiger partial charge in [-0.25, -0.2) is 0 Å². The molecule has 2 amide bonds. The summed E-state index contributed by atoms with van der Waals surface area (Å²) in [7, 11) is 0. The maximum Gasteiger partial charge on any atom is 0.254 e. The summed E-state index contributed by atoms with van der Waals surface area (Å²) >= 11 is 3.48. The summed E-state index contributed by atoms with van der Waals surface area (Å²) in [6, 6.07) is 15.0. The van der Waals surface area contributed by atoms with E-state index < -0.39 is 5.91 Å². The zero-order valence-corrected chi connectivity index (χ0v) is 17.1. The maximum atomic E-state index is 13.0. The Kier molecular flexibility index (Phi) is 8.33. The van der Waals surface area contributed by atoms with Crippen molar-refractivity contribution in [3.05, 3.63) is 64.1 Å². The molecule has 144 valence electrons. The number of primary amides is 1. The van der Waals surface area contributed by atoms with E-state index in [4.69, 9.17) is 10.5 Å². The number of carbonyl (C=O) groups is 2. The number of unbranched alkanes of at least 4 members (excludes halogenated alkanes) is 1. The lowest BCUT2D eigenvalue weighted by molar-refractivity contribution is -0.118. The Morgan fingerprint density at radius 2 is 1.89 bits per heavy atom. The standard InChI is InChI=1S/C21H25BrN2O3/c1-2-3-13-27-19-10-9-17(14-18(19)22)21(26)24(12-11-20(23)25)15-16-7-5-4-6-8-16/h4-10,14H,2-3,11-13,15H2,1H3,(H2,23,25). The number of nitrogens with two attached hydrogens (primary N) is 1. The predicted octanol–water partition coefficient (Wildman–Crippen LogP) is 4.15. The summed E-state index contributed by atoms with van der Waals surface area (Å²) in [5.74, 6) is 0.134. The van der Waals surface area contributed by atoms with Crippen LogP contribution >= 0.6 is 15.9 Å². The molecule has 0 aromatic heterocycles. The van der Waals surface area contributed by atoms with E-state index in [0.29, 0.717) is 24.5 Å². The van der Waals surface area contributed by atoms with Crippen LogP contribution in [0.25, 0.3) is 0 Å². The minimum Gasteiger partial charge on any atom is -0.492 e. The van der Waals surface area contributed by atoms with Gasteiger partial charge in [0.05, 0.1) is 11.1 Å². The number of carbonyl (C=O) groups excluding carboxylic acids is 2. The Labute approximate surface area is 168 Å². The van der Waals surface area contributed by atoms with Gasteiger partial charge < -0.3 is 15.4 Å². The van der Waals surface area contributed by atoms with Gasteiger partial charge in [0.1, 0.15) is 5.75 Å². The number of benzene rings is 2. The zero-order chi connectivity index (χ0) is 19.6. The first-order valence-electron chi connectivity index (χ1n) is 9.05. The summed E-state index contributed by atoms with van der Waals surface area (Å²) in [6.07, 6.45) is 2.16. The summed E-state index contributed by atoms with van der Waals surface area (Å²) < 4.78 is 6.45. The minimum atomic E-state index is -0.429. The molecule has 0 unspecified atom stereocenters. The Hall–Kier alpha value is -2.34. The number of ether oxygens (including phenoxy) is 1. The number of rotatable bonds is 10. The summed E-state index contributed by atoms with van der Waals surface area (Å²) in [5, 5.41) is 0. The molecule has 0 saturated heterocycles. The van der Waals surface area contributed by atoms with Crippen LogP contribution in [0, 0.1) is 0 Å². The van der Waals surface area contributed by atoms with Gasteiger partial charge in [0, 0.05) is 25.1 Å². The molecule has 0 saturated carbocycles. The molecule has 0 heterocycles. The topological polar surface area (TPSA) is 72.6 Å². The zero-order valence-electron chi connectivity index (χ0n) is 15.5. The monoisotopic (exact) mass is 432 g/mol. The van der Waals surface area contributed by atoms with Crippen LogP contribution in [0.2, 0.25) is 0 Å². The quantitative estimate of drug-likeness (QED) is 0.573. The van der Waals surface area contributed by atoms with Crippen LogP contribution in [0.5, 0.6) is 5.75 Å².